The number of amides is 1. The summed E-state index contributed by atoms with van der Waals surface area (Å²) >= 11 is 0. The first-order valence-electron chi connectivity index (χ1n) is 6.66. The van der Waals surface area contributed by atoms with Gasteiger partial charge in [0.2, 0.25) is 5.43 Å². The molecule has 0 aliphatic heterocycles. The molecule has 3 N–H and O–H groups in total. The van der Waals surface area contributed by atoms with E-state index in [-0.39, 0.29) is 17.0 Å². The average molecular weight is 273 g/mol. The molecule has 0 aliphatic rings. The zero-order valence-electron chi connectivity index (χ0n) is 11.9. The van der Waals surface area contributed by atoms with Crippen molar-refractivity contribution in [1.82, 2.24) is 9.88 Å². The quantitative estimate of drug-likeness (QED) is 0.839. The molecule has 20 heavy (non-hydrogen) atoms. The highest BCUT2D eigenvalue weighted by Crippen LogP contribution is 2.22. The first-order valence-corrected chi connectivity index (χ1v) is 6.66. The van der Waals surface area contributed by atoms with Gasteiger partial charge >= 0.3 is 0 Å². The molecule has 0 fully saturated rings. The predicted molar refractivity (Wildman–Crippen MR) is 81.0 cm³/mol. The van der Waals surface area contributed by atoms with Crippen molar-refractivity contribution >= 4 is 22.5 Å². The van der Waals surface area contributed by atoms with Crippen LogP contribution in [-0.4, -0.2) is 17.5 Å². The van der Waals surface area contributed by atoms with E-state index >= 15 is 0 Å². The molecule has 5 nitrogen and oxygen atoms in total. The Kier molecular flexibility index (Phi) is 3.79. The topological polar surface area (TPSA) is 77.1 Å². The number of fused-ring (bicyclic) bond motifs is 1. The molecule has 1 aromatic heterocycles. The summed E-state index contributed by atoms with van der Waals surface area (Å²) in [5.41, 5.74) is 6.89. The van der Waals surface area contributed by atoms with E-state index in [2.05, 4.69) is 12.2 Å². The molecule has 0 bridgehead atoms. The smallest absolute Gasteiger partial charge is 0.256 e. The number of nitrogens with zero attached hydrogens (tertiary/aromatic N) is 1. The maximum absolute atomic E-state index is 12.5. The van der Waals surface area contributed by atoms with Crippen LogP contribution in [0.2, 0.25) is 0 Å². The second kappa shape index (κ2) is 5.36. The number of anilines is 1. The third kappa shape index (κ3) is 2.15. The molecule has 0 saturated carbocycles. The second-order valence-corrected chi connectivity index (χ2v) is 4.86. The Balaban J connectivity index is 2.92. The molecule has 2 aromatic rings. The lowest BCUT2D eigenvalue weighted by Crippen LogP contribution is -2.28. The predicted octanol–water partition coefficient (Wildman–Crippen LogP) is 1.91. The molecule has 1 unspecified atom stereocenters. The highest BCUT2D eigenvalue weighted by molar-refractivity contribution is 6.00. The van der Waals surface area contributed by atoms with Crippen LogP contribution in [-0.2, 0) is 0 Å². The minimum absolute atomic E-state index is 0.123. The zero-order valence-corrected chi connectivity index (χ0v) is 11.9. The summed E-state index contributed by atoms with van der Waals surface area (Å²) in [5, 5.41) is 2.91. The molecular formula is C15H19N3O2. The van der Waals surface area contributed by atoms with E-state index in [9.17, 15) is 9.59 Å². The van der Waals surface area contributed by atoms with Crippen LogP contribution in [0.1, 0.15) is 36.7 Å². The van der Waals surface area contributed by atoms with Crippen LogP contribution in [0.3, 0.4) is 0 Å². The van der Waals surface area contributed by atoms with Crippen molar-refractivity contribution in [2.75, 3.05) is 12.8 Å². The molecule has 0 spiro atoms. The Bertz CT molecular complexity index is 719. The van der Waals surface area contributed by atoms with E-state index in [1.165, 1.54) is 7.05 Å². The molecule has 1 heterocycles. The van der Waals surface area contributed by atoms with E-state index in [0.717, 1.165) is 11.9 Å². The molecule has 0 radical (unpaired) electrons. The van der Waals surface area contributed by atoms with Crippen LogP contribution in [0.5, 0.6) is 0 Å². The van der Waals surface area contributed by atoms with Gasteiger partial charge in [0.15, 0.2) is 0 Å². The minimum atomic E-state index is -0.391. The van der Waals surface area contributed by atoms with E-state index in [1.54, 1.807) is 12.3 Å². The minimum Gasteiger partial charge on any atom is -0.398 e. The lowest BCUT2D eigenvalue weighted by molar-refractivity contribution is 0.0961. The first-order chi connectivity index (χ1) is 9.51. The van der Waals surface area contributed by atoms with E-state index < -0.39 is 5.91 Å². The number of carbonyl (C=O) groups is 1. The Morgan fingerprint density at radius 2 is 2.15 bits per heavy atom. The van der Waals surface area contributed by atoms with Crippen molar-refractivity contribution in [1.29, 1.82) is 0 Å². The lowest BCUT2D eigenvalue weighted by Gasteiger charge is -2.19. The van der Waals surface area contributed by atoms with Crippen molar-refractivity contribution in [2.45, 2.75) is 26.3 Å². The van der Waals surface area contributed by atoms with Crippen LogP contribution < -0.4 is 16.5 Å². The maximum atomic E-state index is 12.5. The van der Waals surface area contributed by atoms with Gasteiger partial charge in [0.05, 0.1) is 10.9 Å². The highest BCUT2D eigenvalue weighted by atomic mass is 16.2. The Morgan fingerprint density at radius 3 is 2.75 bits per heavy atom. The lowest BCUT2D eigenvalue weighted by atomic mass is 10.1. The summed E-state index contributed by atoms with van der Waals surface area (Å²) in [6.07, 6.45) is 2.51. The van der Waals surface area contributed by atoms with Gasteiger partial charge in [0, 0.05) is 25.0 Å². The van der Waals surface area contributed by atoms with Gasteiger partial charge in [0.1, 0.15) is 5.56 Å². The van der Waals surface area contributed by atoms with Crippen LogP contribution in [0, 0.1) is 0 Å². The van der Waals surface area contributed by atoms with Gasteiger partial charge in [-0.1, -0.05) is 13.0 Å². The molecular weight excluding hydrogens is 254 g/mol. The van der Waals surface area contributed by atoms with Gasteiger partial charge < -0.3 is 15.6 Å². The summed E-state index contributed by atoms with van der Waals surface area (Å²) in [5.74, 6) is -0.391. The fraction of sp³-hybridized carbons (Fsp3) is 0.333. The average Bonchev–Trinajstić information content (AvgIpc) is 2.46. The third-order valence-electron chi connectivity index (χ3n) is 3.63. The van der Waals surface area contributed by atoms with Gasteiger partial charge in [-0.3, -0.25) is 9.59 Å². The van der Waals surface area contributed by atoms with E-state index in [0.29, 0.717) is 11.1 Å². The molecule has 106 valence electrons. The van der Waals surface area contributed by atoms with Crippen LogP contribution in [0.4, 0.5) is 5.69 Å². The number of rotatable bonds is 3. The number of carbonyl (C=O) groups excluding carboxylic acids is 1. The Labute approximate surface area is 117 Å². The summed E-state index contributed by atoms with van der Waals surface area (Å²) < 4.78 is 1.94. The standard InChI is InChI=1S/C15H19N3O2/c1-4-9(2)18-8-10(15(20)17-3)14(19)13-11(16)6-5-7-12(13)18/h5-9H,4,16H2,1-3H3,(H,17,20). The summed E-state index contributed by atoms with van der Waals surface area (Å²) in [6, 6.07) is 5.52. The van der Waals surface area contributed by atoms with E-state index in [4.69, 9.17) is 5.73 Å². The number of hydrogen-bond donors (Lipinski definition) is 2. The number of nitrogen functional groups attached to an aromatic ring is 1. The number of pyridine rings is 1. The van der Waals surface area contributed by atoms with Gasteiger partial charge in [0.25, 0.3) is 5.91 Å². The van der Waals surface area contributed by atoms with Crippen LogP contribution in [0.25, 0.3) is 10.9 Å². The third-order valence-corrected chi connectivity index (χ3v) is 3.63. The molecule has 5 heteroatoms. The Morgan fingerprint density at radius 1 is 1.45 bits per heavy atom. The number of benzene rings is 1. The highest BCUT2D eigenvalue weighted by Gasteiger charge is 2.17. The number of hydrogen-bond acceptors (Lipinski definition) is 3. The van der Waals surface area contributed by atoms with Crippen molar-refractivity contribution < 1.29 is 4.79 Å². The fourth-order valence-electron chi connectivity index (χ4n) is 2.28. The SMILES string of the molecule is CCC(C)n1cc(C(=O)NC)c(=O)c2c(N)cccc21. The Hall–Kier alpha value is -2.30. The summed E-state index contributed by atoms with van der Waals surface area (Å²) in [6.45, 7) is 4.10. The molecule has 1 amide bonds. The molecule has 1 atom stereocenters. The fourth-order valence-corrected chi connectivity index (χ4v) is 2.28. The maximum Gasteiger partial charge on any atom is 0.256 e. The number of nitrogens with one attached hydrogen (secondary N) is 1. The summed E-state index contributed by atoms with van der Waals surface area (Å²) in [4.78, 5) is 24.3. The monoisotopic (exact) mass is 273 g/mol. The first kappa shape index (κ1) is 14.1. The van der Waals surface area contributed by atoms with Gasteiger partial charge in [-0.15, -0.1) is 0 Å². The zero-order chi connectivity index (χ0) is 14.9. The van der Waals surface area contributed by atoms with Crippen LogP contribution in [0.15, 0.2) is 29.2 Å². The largest absolute Gasteiger partial charge is 0.398 e. The summed E-state index contributed by atoms with van der Waals surface area (Å²) in [7, 11) is 1.51. The van der Waals surface area contributed by atoms with Gasteiger partial charge in [-0.25, -0.2) is 0 Å². The molecule has 0 saturated heterocycles. The number of aromatic nitrogens is 1. The van der Waals surface area contributed by atoms with Gasteiger partial charge in [-0.2, -0.15) is 0 Å². The van der Waals surface area contributed by atoms with Crippen molar-refractivity contribution in [3.8, 4) is 0 Å². The normalized spacial score (nSPS) is 12.3. The molecule has 0 aliphatic carbocycles. The van der Waals surface area contributed by atoms with Crippen molar-refractivity contribution in [2.24, 2.45) is 0 Å². The van der Waals surface area contributed by atoms with Crippen LogP contribution >= 0.6 is 0 Å². The number of nitrogens with two attached hydrogens (primary N) is 1. The molecule has 1 aromatic carbocycles. The van der Waals surface area contributed by atoms with E-state index in [1.807, 2.05) is 23.6 Å². The second-order valence-electron chi connectivity index (χ2n) is 4.86. The van der Waals surface area contributed by atoms with Gasteiger partial charge in [-0.05, 0) is 25.5 Å². The van der Waals surface area contributed by atoms with Crippen molar-refractivity contribution in [3.63, 3.8) is 0 Å². The van der Waals surface area contributed by atoms with Crippen molar-refractivity contribution in [3.05, 3.63) is 40.2 Å². The molecule has 2 rings (SSSR count).